The normalized spacial score (nSPS) is 15.8. The van der Waals surface area contributed by atoms with Crippen molar-refractivity contribution in [2.45, 2.75) is 25.7 Å². The summed E-state index contributed by atoms with van der Waals surface area (Å²) in [4.78, 5) is 6.59. The molecule has 1 aliphatic heterocycles. The van der Waals surface area contributed by atoms with Gasteiger partial charge in [0, 0.05) is 24.6 Å². The number of aromatic nitrogens is 4. The number of hydrogen-bond acceptors (Lipinski definition) is 8. The first-order valence-electron chi connectivity index (χ1n) is 7.87. The Kier molecular flexibility index (Phi) is 3.89. The summed E-state index contributed by atoms with van der Waals surface area (Å²) in [7, 11) is 0. The van der Waals surface area contributed by atoms with Crippen LogP contribution in [0, 0.1) is 6.92 Å². The van der Waals surface area contributed by atoms with Crippen molar-refractivity contribution < 1.29 is 9.63 Å². The number of hydrogen-bond donors (Lipinski definition) is 1. The van der Waals surface area contributed by atoms with Crippen LogP contribution in [-0.4, -0.2) is 38.5 Å². The van der Waals surface area contributed by atoms with Crippen LogP contribution in [0.15, 0.2) is 28.8 Å². The monoisotopic (exact) mass is 343 g/mol. The lowest BCUT2D eigenvalue weighted by Gasteiger charge is -2.29. The zero-order chi connectivity index (χ0) is 16.5. The molecule has 0 aliphatic carbocycles. The predicted octanol–water partition coefficient (Wildman–Crippen LogP) is 2.99. The highest BCUT2D eigenvalue weighted by Gasteiger charge is 2.26. The molecule has 0 saturated carbocycles. The largest absolute Gasteiger partial charge is 0.508 e. The van der Waals surface area contributed by atoms with Crippen LogP contribution in [-0.2, 0) is 0 Å². The van der Waals surface area contributed by atoms with Crippen molar-refractivity contribution in [1.82, 2.24) is 20.3 Å². The Bertz CT molecular complexity index is 821. The number of aromatic hydroxyl groups is 1. The fourth-order valence-electron chi connectivity index (χ4n) is 2.86. The van der Waals surface area contributed by atoms with Gasteiger partial charge in [0.25, 0.3) is 0 Å². The maximum Gasteiger partial charge on any atom is 0.229 e. The standard InChI is InChI=1S/C16H17N5O2S/c1-10-17-14(23-20-10)11-6-8-21(9-7-11)16-19-18-15(24-16)12-2-4-13(22)5-3-12/h2-5,11,22H,6-9H2,1H3. The fraction of sp³-hybridized carbons (Fsp3) is 0.375. The minimum atomic E-state index is 0.252. The average molecular weight is 343 g/mol. The van der Waals surface area contributed by atoms with Gasteiger partial charge in [-0.1, -0.05) is 16.5 Å². The van der Waals surface area contributed by atoms with Crippen LogP contribution in [0.4, 0.5) is 5.13 Å². The van der Waals surface area contributed by atoms with Gasteiger partial charge in [0.1, 0.15) is 10.8 Å². The highest BCUT2D eigenvalue weighted by molar-refractivity contribution is 7.18. The second-order valence-electron chi connectivity index (χ2n) is 5.88. The van der Waals surface area contributed by atoms with E-state index in [-0.39, 0.29) is 5.75 Å². The molecule has 0 atom stereocenters. The first-order valence-corrected chi connectivity index (χ1v) is 8.69. The molecule has 0 spiro atoms. The van der Waals surface area contributed by atoms with Gasteiger partial charge in [-0.05, 0) is 44.0 Å². The van der Waals surface area contributed by atoms with Crippen LogP contribution in [0.25, 0.3) is 10.6 Å². The van der Waals surface area contributed by atoms with E-state index >= 15 is 0 Å². The third-order valence-electron chi connectivity index (χ3n) is 4.19. The molecule has 0 bridgehead atoms. The van der Waals surface area contributed by atoms with Crippen LogP contribution in [0.2, 0.25) is 0 Å². The molecule has 124 valence electrons. The minimum absolute atomic E-state index is 0.252. The lowest BCUT2D eigenvalue weighted by atomic mass is 9.97. The van der Waals surface area contributed by atoms with Crippen LogP contribution in [0.3, 0.4) is 0 Å². The number of nitrogens with zero attached hydrogens (tertiary/aromatic N) is 5. The lowest BCUT2D eigenvalue weighted by molar-refractivity contribution is 0.327. The fourth-order valence-corrected chi connectivity index (χ4v) is 3.76. The number of rotatable bonds is 3. The Hall–Kier alpha value is -2.48. The van der Waals surface area contributed by atoms with E-state index < -0.39 is 0 Å². The Labute approximate surface area is 143 Å². The molecule has 1 saturated heterocycles. The van der Waals surface area contributed by atoms with Crippen LogP contribution < -0.4 is 4.90 Å². The summed E-state index contributed by atoms with van der Waals surface area (Å²) in [6.45, 7) is 3.64. The zero-order valence-electron chi connectivity index (χ0n) is 13.2. The summed E-state index contributed by atoms with van der Waals surface area (Å²) in [6, 6.07) is 7.02. The van der Waals surface area contributed by atoms with Gasteiger partial charge in [-0.3, -0.25) is 0 Å². The molecule has 7 nitrogen and oxygen atoms in total. The number of anilines is 1. The van der Waals surface area contributed by atoms with Gasteiger partial charge in [-0.25, -0.2) is 0 Å². The van der Waals surface area contributed by atoms with Gasteiger partial charge in [0.15, 0.2) is 5.82 Å². The first kappa shape index (κ1) is 15.1. The van der Waals surface area contributed by atoms with Crippen molar-refractivity contribution in [2.24, 2.45) is 0 Å². The highest BCUT2D eigenvalue weighted by atomic mass is 32.1. The molecule has 1 N–H and O–H groups in total. The molecule has 2 aromatic heterocycles. The van der Waals surface area contributed by atoms with Crippen molar-refractivity contribution in [3.8, 4) is 16.3 Å². The van der Waals surface area contributed by atoms with Gasteiger partial charge >= 0.3 is 0 Å². The van der Waals surface area contributed by atoms with E-state index in [0.29, 0.717) is 11.7 Å². The maximum atomic E-state index is 9.37. The van der Waals surface area contributed by atoms with E-state index in [4.69, 9.17) is 4.52 Å². The number of benzene rings is 1. The smallest absolute Gasteiger partial charge is 0.229 e. The molecule has 0 radical (unpaired) electrons. The van der Waals surface area contributed by atoms with Crippen molar-refractivity contribution in [1.29, 1.82) is 0 Å². The number of phenolic OH excluding ortho intramolecular Hbond substituents is 1. The van der Waals surface area contributed by atoms with Gasteiger partial charge in [-0.2, -0.15) is 4.98 Å². The Morgan fingerprint density at radius 2 is 1.92 bits per heavy atom. The van der Waals surface area contributed by atoms with E-state index in [2.05, 4.69) is 25.2 Å². The summed E-state index contributed by atoms with van der Waals surface area (Å²) < 4.78 is 5.29. The molecule has 0 unspecified atom stereocenters. The molecule has 4 rings (SSSR count). The summed E-state index contributed by atoms with van der Waals surface area (Å²) in [6.07, 6.45) is 1.94. The van der Waals surface area contributed by atoms with Gasteiger partial charge in [0.2, 0.25) is 11.0 Å². The molecular weight excluding hydrogens is 326 g/mol. The zero-order valence-corrected chi connectivity index (χ0v) is 14.0. The van der Waals surface area contributed by atoms with Gasteiger partial charge < -0.3 is 14.5 Å². The molecule has 3 heterocycles. The van der Waals surface area contributed by atoms with E-state index in [0.717, 1.165) is 47.5 Å². The summed E-state index contributed by atoms with van der Waals surface area (Å²) in [5, 5.41) is 23.6. The van der Waals surface area contributed by atoms with E-state index in [1.807, 2.05) is 19.1 Å². The topological polar surface area (TPSA) is 88.2 Å². The Balaban J connectivity index is 1.43. The molecule has 24 heavy (non-hydrogen) atoms. The van der Waals surface area contributed by atoms with Gasteiger partial charge in [-0.15, -0.1) is 10.2 Å². The average Bonchev–Trinajstić information content (AvgIpc) is 3.25. The molecule has 3 aromatic rings. The third-order valence-corrected chi connectivity index (χ3v) is 5.22. The first-order chi connectivity index (χ1) is 11.7. The van der Waals surface area contributed by atoms with Gasteiger partial charge in [0.05, 0.1) is 0 Å². The van der Waals surface area contributed by atoms with Crippen molar-refractivity contribution in [3.63, 3.8) is 0 Å². The molecule has 0 amide bonds. The second-order valence-corrected chi connectivity index (χ2v) is 6.83. The molecular formula is C16H17N5O2S. The highest BCUT2D eigenvalue weighted by Crippen LogP contribution is 2.33. The van der Waals surface area contributed by atoms with Crippen LogP contribution in [0.5, 0.6) is 5.75 Å². The summed E-state index contributed by atoms with van der Waals surface area (Å²) in [5.41, 5.74) is 0.966. The molecule has 1 fully saturated rings. The number of phenols is 1. The molecule has 1 aliphatic rings. The van der Waals surface area contributed by atoms with Crippen molar-refractivity contribution >= 4 is 16.5 Å². The Morgan fingerprint density at radius 1 is 1.17 bits per heavy atom. The van der Waals surface area contributed by atoms with Crippen molar-refractivity contribution in [3.05, 3.63) is 36.0 Å². The Morgan fingerprint density at radius 3 is 2.58 bits per heavy atom. The molecule has 8 heteroatoms. The second kappa shape index (κ2) is 6.20. The maximum absolute atomic E-state index is 9.37. The van der Waals surface area contributed by atoms with E-state index in [1.165, 1.54) is 0 Å². The van der Waals surface area contributed by atoms with Crippen LogP contribution >= 0.6 is 11.3 Å². The lowest BCUT2D eigenvalue weighted by Crippen LogP contribution is -2.32. The molecule has 1 aromatic carbocycles. The summed E-state index contributed by atoms with van der Waals surface area (Å²) in [5.74, 6) is 2.01. The van der Waals surface area contributed by atoms with Crippen molar-refractivity contribution in [2.75, 3.05) is 18.0 Å². The van der Waals surface area contributed by atoms with Crippen LogP contribution in [0.1, 0.15) is 30.5 Å². The third kappa shape index (κ3) is 2.96. The van der Waals surface area contributed by atoms with E-state index in [9.17, 15) is 5.11 Å². The summed E-state index contributed by atoms with van der Waals surface area (Å²) >= 11 is 1.57. The number of piperidine rings is 1. The predicted molar refractivity (Wildman–Crippen MR) is 90.2 cm³/mol. The number of aryl methyl sites for hydroxylation is 1. The minimum Gasteiger partial charge on any atom is -0.508 e. The quantitative estimate of drug-likeness (QED) is 0.782. The SMILES string of the molecule is Cc1noc(C2CCN(c3nnc(-c4ccc(O)cc4)s3)CC2)n1. The van der Waals surface area contributed by atoms with E-state index in [1.54, 1.807) is 23.5 Å².